The van der Waals surface area contributed by atoms with Crippen molar-refractivity contribution in [3.63, 3.8) is 0 Å². The van der Waals surface area contributed by atoms with Crippen LogP contribution in [-0.4, -0.2) is 23.2 Å². The van der Waals surface area contributed by atoms with E-state index in [9.17, 15) is 4.21 Å². The Morgan fingerprint density at radius 3 is 3.36 bits per heavy atom. The highest BCUT2D eigenvalue weighted by Gasteiger charge is 2.14. The lowest BCUT2D eigenvalue weighted by atomic mass is 10.2. The highest BCUT2D eigenvalue weighted by atomic mass is 32.2. The van der Waals surface area contributed by atoms with Gasteiger partial charge in [0, 0.05) is 28.4 Å². The third-order valence-corrected chi connectivity index (χ3v) is 2.90. The Morgan fingerprint density at radius 2 is 2.45 bits per heavy atom. The van der Waals surface area contributed by atoms with E-state index < -0.39 is 10.8 Å². The highest BCUT2D eigenvalue weighted by molar-refractivity contribution is 7.88. The second-order valence-electron chi connectivity index (χ2n) is 2.63. The number of rotatable bonds is 0. The second kappa shape index (κ2) is 2.79. The minimum atomic E-state index is -0.777. The minimum absolute atomic E-state index is 0.686. The van der Waals surface area contributed by atoms with E-state index in [0.717, 1.165) is 18.9 Å². The lowest BCUT2D eigenvalue weighted by molar-refractivity contribution is 0.624. The van der Waals surface area contributed by atoms with E-state index in [4.69, 9.17) is 0 Å². The molecule has 0 fully saturated rings. The highest BCUT2D eigenvalue weighted by Crippen LogP contribution is 2.13. The second-order valence-corrected chi connectivity index (χ2v) is 3.95. The molecule has 3 nitrogen and oxygen atoms in total. The van der Waals surface area contributed by atoms with Crippen LogP contribution in [0.5, 0.6) is 0 Å². The van der Waals surface area contributed by atoms with Gasteiger partial charge in [-0.2, -0.15) is 0 Å². The molecule has 2 aliphatic heterocycles. The zero-order valence-corrected chi connectivity index (χ0v) is 6.91. The fourth-order valence-electron chi connectivity index (χ4n) is 1.26. The standard InChI is InChI=1S/C7H10N2OS/c10-11-2-1-7-6(4-11)3-8-5-9-7/h1-2,8-9H,3-5H2. The van der Waals surface area contributed by atoms with E-state index in [0.29, 0.717) is 5.75 Å². The fraction of sp³-hybridized carbons (Fsp3) is 0.429. The predicted molar refractivity (Wildman–Crippen MR) is 45.2 cm³/mol. The van der Waals surface area contributed by atoms with Crippen molar-refractivity contribution >= 4 is 10.8 Å². The van der Waals surface area contributed by atoms with Gasteiger partial charge in [-0.1, -0.05) is 0 Å². The van der Waals surface area contributed by atoms with Crippen molar-refractivity contribution in [1.29, 1.82) is 0 Å². The Balaban J connectivity index is 2.26. The Hall–Kier alpha value is -0.610. The average molecular weight is 170 g/mol. The lowest BCUT2D eigenvalue weighted by Gasteiger charge is -2.22. The van der Waals surface area contributed by atoms with Gasteiger partial charge < -0.3 is 5.32 Å². The summed E-state index contributed by atoms with van der Waals surface area (Å²) in [5.41, 5.74) is 2.39. The Labute approximate surface area is 68.0 Å². The average Bonchev–Trinajstić information content (AvgIpc) is 2.04. The van der Waals surface area contributed by atoms with Crippen LogP contribution in [0.4, 0.5) is 0 Å². The summed E-state index contributed by atoms with van der Waals surface area (Å²) in [5, 5.41) is 8.10. The quantitative estimate of drug-likeness (QED) is 0.523. The maximum Gasteiger partial charge on any atom is 0.0655 e. The SMILES string of the molecule is O=S1C=CC2=C(CNCN2)C1. The molecule has 0 spiro atoms. The van der Waals surface area contributed by atoms with Crippen molar-refractivity contribution < 1.29 is 4.21 Å². The molecule has 0 aromatic carbocycles. The van der Waals surface area contributed by atoms with Crippen LogP contribution in [0.25, 0.3) is 0 Å². The van der Waals surface area contributed by atoms with Crippen LogP contribution < -0.4 is 10.6 Å². The first-order chi connectivity index (χ1) is 5.36. The summed E-state index contributed by atoms with van der Waals surface area (Å²) in [4.78, 5) is 0. The van der Waals surface area contributed by atoms with Crippen molar-refractivity contribution in [2.45, 2.75) is 0 Å². The molecule has 60 valence electrons. The van der Waals surface area contributed by atoms with Crippen LogP contribution in [-0.2, 0) is 10.8 Å². The monoisotopic (exact) mass is 170 g/mol. The van der Waals surface area contributed by atoms with Gasteiger partial charge >= 0.3 is 0 Å². The first kappa shape index (κ1) is 7.06. The molecule has 0 aliphatic carbocycles. The molecule has 4 heteroatoms. The van der Waals surface area contributed by atoms with Crippen LogP contribution >= 0.6 is 0 Å². The zero-order chi connectivity index (χ0) is 7.68. The Kier molecular flexibility index (Phi) is 1.79. The normalized spacial score (nSPS) is 29.6. The molecular formula is C7H10N2OS. The zero-order valence-electron chi connectivity index (χ0n) is 6.09. The minimum Gasteiger partial charge on any atom is -0.372 e. The van der Waals surface area contributed by atoms with Crippen LogP contribution in [0.3, 0.4) is 0 Å². The lowest BCUT2D eigenvalue weighted by Crippen LogP contribution is -2.38. The van der Waals surface area contributed by atoms with Gasteiger partial charge in [-0.15, -0.1) is 0 Å². The van der Waals surface area contributed by atoms with Crippen LogP contribution in [0.2, 0.25) is 0 Å². The molecule has 0 aromatic heterocycles. The molecule has 2 N–H and O–H groups in total. The molecule has 2 aliphatic rings. The molecule has 1 atom stereocenters. The summed E-state index contributed by atoms with van der Waals surface area (Å²) < 4.78 is 11.1. The third-order valence-electron chi connectivity index (χ3n) is 1.83. The van der Waals surface area contributed by atoms with E-state index in [2.05, 4.69) is 10.6 Å². The fourth-order valence-corrected chi connectivity index (χ4v) is 2.25. The molecule has 11 heavy (non-hydrogen) atoms. The van der Waals surface area contributed by atoms with E-state index >= 15 is 0 Å². The van der Waals surface area contributed by atoms with Gasteiger partial charge in [0.25, 0.3) is 0 Å². The van der Waals surface area contributed by atoms with Gasteiger partial charge in [-0.25, -0.2) is 0 Å². The molecular weight excluding hydrogens is 160 g/mol. The predicted octanol–water partition coefficient (Wildman–Crippen LogP) is -0.333. The van der Waals surface area contributed by atoms with Crippen molar-refractivity contribution in [1.82, 2.24) is 10.6 Å². The van der Waals surface area contributed by atoms with Crippen LogP contribution in [0.15, 0.2) is 22.8 Å². The summed E-state index contributed by atoms with van der Waals surface area (Å²) >= 11 is 0. The van der Waals surface area contributed by atoms with Crippen molar-refractivity contribution in [3.8, 4) is 0 Å². The molecule has 0 aromatic rings. The molecule has 2 heterocycles. The van der Waals surface area contributed by atoms with Crippen LogP contribution in [0.1, 0.15) is 0 Å². The maximum atomic E-state index is 11.1. The summed E-state index contributed by atoms with van der Waals surface area (Å²) in [5.74, 6) is 0.686. The van der Waals surface area contributed by atoms with E-state index in [1.54, 1.807) is 5.41 Å². The Morgan fingerprint density at radius 1 is 1.55 bits per heavy atom. The largest absolute Gasteiger partial charge is 0.372 e. The molecule has 0 bridgehead atoms. The number of hydrogen-bond acceptors (Lipinski definition) is 3. The maximum absolute atomic E-state index is 11.1. The molecule has 0 amide bonds. The van der Waals surface area contributed by atoms with E-state index in [1.807, 2.05) is 6.08 Å². The van der Waals surface area contributed by atoms with Gasteiger partial charge in [0.15, 0.2) is 0 Å². The molecule has 1 unspecified atom stereocenters. The molecule has 0 radical (unpaired) electrons. The molecule has 2 rings (SSSR count). The van der Waals surface area contributed by atoms with Crippen molar-refractivity contribution in [2.75, 3.05) is 19.0 Å². The van der Waals surface area contributed by atoms with Gasteiger partial charge in [0.1, 0.15) is 0 Å². The first-order valence-electron chi connectivity index (χ1n) is 3.58. The smallest absolute Gasteiger partial charge is 0.0655 e. The number of allylic oxidation sites excluding steroid dienone is 1. The molecule has 0 saturated heterocycles. The third kappa shape index (κ3) is 1.36. The van der Waals surface area contributed by atoms with Gasteiger partial charge in [0.05, 0.1) is 12.4 Å². The first-order valence-corrected chi connectivity index (χ1v) is 4.96. The summed E-state index contributed by atoms with van der Waals surface area (Å²) in [6, 6.07) is 0. The Bertz CT molecular complexity index is 257. The van der Waals surface area contributed by atoms with E-state index in [1.165, 1.54) is 5.57 Å². The number of hydrogen-bond donors (Lipinski definition) is 2. The van der Waals surface area contributed by atoms with Crippen LogP contribution in [0, 0.1) is 0 Å². The summed E-state index contributed by atoms with van der Waals surface area (Å²) in [7, 11) is -0.777. The number of nitrogens with one attached hydrogen (secondary N) is 2. The summed E-state index contributed by atoms with van der Waals surface area (Å²) in [6.45, 7) is 1.69. The van der Waals surface area contributed by atoms with E-state index in [-0.39, 0.29) is 0 Å². The topological polar surface area (TPSA) is 41.1 Å². The van der Waals surface area contributed by atoms with Gasteiger partial charge in [-0.3, -0.25) is 9.53 Å². The molecule has 0 saturated carbocycles. The van der Waals surface area contributed by atoms with Gasteiger partial charge in [0.2, 0.25) is 0 Å². The van der Waals surface area contributed by atoms with Crippen molar-refractivity contribution in [3.05, 3.63) is 22.8 Å². The summed E-state index contributed by atoms with van der Waals surface area (Å²) in [6.07, 6.45) is 1.91. The van der Waals surface area contributed by atoms with Gasteiger partial charge in [-0.05, 0) is 11.6 Å². The van der Waals surface area contributed by atoms with Crippen molar-refractivity contribution in [2.24, 2.45) is 0 Å².